The number of carbonyl (C=O) groups excluding carboxylic acids is 2. The van der Waals surface area contributed by atoms with Crippen LogP contribution in [0.25, 0.3) is 0 Å². The molecule has 2 N–H and O–H groups in total. The van der Waals surface area contributed by atoms with E-state index >= 15 is 0 Å². The van der Waals surface area contributed by atoms with Crippen molar-refractivity contribution in [2.45, 2.75) is 20.5 Å². The molecule has 0 saturated carbocycles. The molecule has 34 heavy (non-hydrogen) atoms. The molecule has 3 aromatic carbocycles. The van der Waals surface area contributed by atoms with Crippen molar-refractivity contribution in [1.29, 1.82) is 0 Å². The predicted octanol–water partition coefficient (Wildman–Crippen LogP) is 4.51. The summed E-state index contributed by atoms with van der Waals surface area (Å²) >= 11 is 5.92. The van der Waals surface area contributed by atoms with E-state index in [0.29, 0.717) is 40.9 Å². The Morgan fingerprint density at radius 2 is 1.71 bits per heavy atom. The zero-order valence-electron chi connectivity index (χ0n) is 19.0. The maximum Gasteiger partial charge on any atom is 0.259 e. The Hall–Kier alpha value is -3.84. The van der Waals surface area contributed by atoms with Crippen molar-refractivity contribution in [3.63, 3.8) is 0 Å². The first kappa shape index (κ1) is 24.8. The molecule has 176 valence electrons. The van der Waals surface area contributed by atoms with Gasteiger partial charge in [-0.25, -0.2) is 5.43 Å². The van der Waals surface area contributed by atoms with Gasteiger partial charge in [-0.2, -0.15) is 5.10 Å². The zero-order chi connectivity index (χ0) is 24.3. The molecule has 0 saturated heterocycles. The average Bonchev–Trinajstić information content (AvgIpc) is 2.84. The van der Waals surface area contributed by atoms with Gasteiger partial charge in [-0.15, -0.1) is 0 Å². The first-order valence-corrected chi connectivity index (χ1v) is 11.1. The van der Waals surface area contributed by atoms with Crippen molar-refractivity contribution in [3.8, 4) is 11.5 Å². The van der Waals surface area contributed by atoms with Crippen LogP contribution in [0.5, 0.6) is 11.5 Å². The number of ether oxygens (including phenoxy) is 2. The molecular weight excluding hydrogens is 454 g/mol. The minimum absolute atomic E-state index is 0.189. The van der Waals surface area contributed by atoms with Crippen molar-refractivity contribution in [3.05, 3.63) is 94.0 Å². The van der Waals surface area contributed by atoms with Gasteiger partial charge in [0.25, 0.3) is 11.8 Å². The van der Waals surface area contributed by atoms with Gasteiger partial charge in [0.1, 0.15) is 6.61 Å². The molecule has 0 aromatic heterocycles. The quantitative estimate of drug-likeness (QED) is 0.331. The molecule has 0 fully saturated rings. The van der Waals surface area contributed by atoms with E-state index in [0.717, 1.165) is 11.1 Å². The molecule has 2 amide bonds. The lowest BCUT2D eigenvalue weighted by Crippen LogP contribution is -2.34. The van der Waals surface area contributed by atoms with Crippen LogP contribution in [-0.4, -0.2) is 31.2 Å². The van der Waals surface area contributed by atoms with Gasteiger partial charge in [0.05, 0.1) is 19.4 Å². The Kier molecular flexibility index (Phi) is 9.05. The van der Waals surface area contributed by atoms with E-state index in [1.54, 1.807) is 30.3 Å². The fourth-order valence-electron chi connectivity index (χ4n) is 2.92. The number of aryl methyl sites for hydroxylation is 1. The van der Waals surface area contributed by atoms with Crippen molar-refractivity contribution in [2.24, 2.45) is 5.10 Å². The van der Waals surface area contributed by atoms with Crippen molar-refractivity contribution in [2.75, 3.05) is 13.2 Å². The van der Waals surface area contributed by atoms with E-state index in [1.165, 1.54) is 6.21 Å². The predicted molar refractivity (Wildman–Crippen MR) is 133 cm³/mol. The Morgan fingerprint density at radius 3 is 2.41 bits per heavy atom. The van der Waals surface area contributed by atoms with E-state index in [1.807, 2.05) is 50.2 Å². The highest BCUT2D eigenvalue weighted by Crippen LogP contribution is 2.29. The Bertz CT molecular complexity index is 1150. The van der Waals surface area contributed by atoms with Gasteiger partial charge in [-0.3, -0.25) is 9.59 Å². The van der Waals surface area contributed by atoms with Crippen LogP contribution in [-0.2, 0) is 11.4 Å². The van der Waals surface area contributed by atoms with Crippen molar-refractivity contribution >= 4 is 29.6 Å². The fraction of sp³-hybridized carbons (Fsp3) is 0.192. The van der Waals surface area contributed by atoms with Gasteiger partial charge in [0, 0.05) is 10.6 Å². The van der Waals surface area contributed by atoms with Crippen molar-refractivity contribution in [1.82, 2.24) is 10.7 Å². The Morgan fingerprint density at radius 1 is 0.971 bits per heavy atom. The first-order valence-electron chi connectivity index (χ1n) is 10.8. The Labute approximate surface area is 203 Å². The second kappa shape index (κ2) is 12.4. The number of benzene rings is 3. The highest BCUT2D eigenvalue weighted by atomic mass is 35.5. The summed E-state index contributed by atoms with van der Waals surface area (Å²) in [6, 6.07) is 19.9. The summed E-state index contributed by atoms with van der Waals surface area (Å²) in [5, 5.41) is 7.18. The van der Waals surface area contributed by atoms with Gasteiger partial charge in [-0.05, 0) is 67.4 Å². The second-order valence-electron chi connectivity index (χ2n) is 7.40. The second-order valence-corrected chi connectivity index (χ2v) is 7.83. The summed E-state index contributed by atoms with van der Waals surface area (Å²) in [5.41, 5.74) is 5.64. The Balaban J connectivity index is 1.52. The van der Waals surface area contributed by atoms with Gasteiger partial charge in [0.15, 0.2) is 11.5 Å². The number of carbonyl (C=O) groups is 2. The van der Waals surface area contributed by atoms with Gasteiger partial charge in [-0.1, -0.05) is 41.4 Å². The summed E-state index contributed by atoms with van der Waals surface area (Å²) in [5.74, 6) is 0.397. The molecule has 3 aromatic rings. The minimum atomic E-state index is -0.440. The van der Waals surface area contributed by atoms with Gasteiger partial charge in [0.2, 0.25) is 0 Å². The molecule has 0 aliphatic carbocycles. The minimum Gasteiger partial charge on any atom is -0.490 e. The van der Waals surface area contributed by atoms with E-state index in [-0.39, 0.29) is 12.5 Å². The molecule has 0 heterocycles. The van der Waals surface area contributed by atoms with Gasteiger partial charge < -0.3 is 14.8 Å². The third-order valence-corrected chi connectivity index (χ3v) is 4.95. The van der Waals surface area contributed by atoms with Crippen LogP contribution >= 0.6 is 11.6 Å². The molecule has 0 bridgehead atoms. The molecule has 0 aliphatic rings. The largest absolute Gasteiger partial charge is 0.490 e. The lowest BCUT2D eigenvalue weighted by molar-refractivity contribution is -0.120. The van der Waals surface area contributed by atoms with E-state index in [9.17, 15) is 9.59 Å². The van der Waals surface area contributed by atoms with Crippen LogP contribution in [0.15, 0.2) is 71.8 Å². The smallest absolute Gasteiger partial charge is 0.259 e. The number of hydrazone groups is 1. The highest BCUT2D eigenvalue weighted by Gasteiger charge is 2.08. The lowest BCUT2D eigenvalue weighted by Gasteiger charge is -2.12. The van der Waals surface area contributed by atoms with Crippen molar-refractivity contribution < 1.29 is 19.1 Å². The van der Waals surface area contributed by atoms with E-state index in [2.05, 4.69) is 15.8 Å². The molecule has 0 atom stereocenters. The number of rotatable bonds is 10. The number of nitrogens with one attached hydrogen (secondary N) is 2. The number of amides is 2. The number of hydrogen-bond donors (Lipinski definition) is 2. The summed E-state index contributed by atoms with van der Waals surface area (Å²) in [6.07, 6.45) is 1.49. The normalized spacial score (nSPS) is 10.7. The topological polar surface area (TPSA) is 89.0 Å². The summed E-state index contributed by atoms with van der Waals surface area (Å²) in [4.78, 5) is 24.1. The molecule has 0 spiro atoms. The molecule has 3 rings (SSSR count). The third kappa shape index (κ3) is 7.64. The number of halogens is 1. The van der Waals surface area contributed by atoms with Crippen LogP contribution in [0.3, 0.4) is 0 Å². The van der Waals surface area contributed by atoms with Crippen LogP contribution in [0, 0.1) is 6.92 Å². The standard InChI is InChI=1S/C26H26ClN3O4/c1-3-33-24-14-20(8-13-23(24)34-17-19-6-11-22(27)12-7-19)15-29-30-25(31)16-28-26(32)21-9-4-18(2)5-10-21/h4-15H,3,16-17H2,1-2H3,(H,28,32)(H,30,31). The van der Waals surface area contributed by atoms with Crippen LogP contribution in [0.1, 0.15) is 34.0 Å². The average molecular weight is 480 g/mol. The zero-order valence-corrected chi connectivity index (χ0v) is 19.8. The van der Waals surface area contributed by atoms with Gasteiger partial charge >= 0.3 is 0 Å². The molecule has 8 heteroatoms. The van der Waals surface area contributed by atoms with Crippen LogP contribution in [0.2, 0.25) is 5.02 Å². The fourth-order valence-corrected chi connectivity index (χ4v) is 3.05. The molecule has 0 radical (unpaired) electrons. The molecule has 7 nitrogen and oxygen atoms in total. The van der Waals surface area contributed by atoms with E-state index in [4.69, 9.17) is 21.1 Å². The number of hydrogen-bond acceptors (Lipinski definition) is 5. The van der Waals surface area contributed by atoms with Crippen LogP contribution in [0.4, 0.5) is 0 Å². The molecule has 0 unspecified atom stereocenters. The van der Waals surface area contributed by atoms with Crippen LogP contribution < -0.4 is 20.2 Å². The number of nitrogens with zero attached hydrogens (tertiary/aromatic N) is 1. The molecular formula is C26H26ClN3O4. The molecule has 0 aliphatic heterocycles. The summed E-state index contributed by atoms with van der Waals surface area (Å²) < 4.78 is 11.6. The maximum atomic E-state index is 12.1. The summed E-state index contributed by atoms with van der Waals surface area (Å²) in [6.45, 7) is 4.47. The first-order chi connectivity index (χ1) is 16.4. The monoisotopic (exact) mass is 479 g/mol. The highest BCUT2D eigenvalue weighted by molar-refractivity contribution is 6.30. The third-order valence-electron chi connectivity index (χ3n) is 4.70. The van der Waals surface area contributed by atoms with E-state index < -0.39 is 5.91 Å². The summed E-state index contributed by atoms with van der Waals surface area (Å²) in [7, 11) is 0. The maximum absolute atomic E-state index is 12.1. The lowest BCUT2D eigenvalue weighted by atomic mass is 10.1. The SMILES string of the molecule is CCOc1cc(C=NNC(=O)CNC(=O)c2ccc(C)cc2)ccc1OCc1ccc(Cl)cc1.